The fourth-order valence-corrected chi connectivity index (χ4v) is 1.55. The first-order chi connectivity index (χ1) is 13.5. The van der Waals surface area contributed by atoms with Gasteiger partial charge in [0.05, 0.1) is 0 Å². The van der Waals surface area contributed by atoms with Gasteiger partial charge in [0.15, 0.2) is 0 Å². The average molecular weight is 771 g/mol. The molecule has 0 heterocycles. The van der Waals surface area contributed by atoms with Gasteiger partial charge in [-0.15, -0.1) is 0 Å². The zero-order valence-electron chi connectivity index (χ0n) is 18.4. The van der Waals surface area contributed by atoms with E-state index in [1.165, 1.54) is 64.2 Å². The Bertz CT molecular complexity index is 213. The summed E-state index contributed by atoms with van der Waals surface area (Å²) in [5, 5.41) is 0. The fraction of sp³-hybridized carbons (Fsp3) is 0.875. The molecule has 0 aromatic carbocycles. The van der Waals surface area contributed by atoms with E-state index >= 15 is 0 Å². The largest absolute Gasteiger partial charge is 3.00 e. The van der Waals surface area contributed by atoms with Crippen LogP contribution in [0.1, 0.15) is 91.9 Å². The van der Waals surface area contributed by atoms with Gasteiger partial charge in [0.25, 0.3) is 0 Å². The molecule has 0 bridgehead atoms. The van der Waals surface area contributed by atoms with Crippen LogP contribution in [-0.2, 0) is 18.3 Å². The molecule has 0 aromatic rings. The van der Waals surface area contributed by atoms with E-state index in [1.54, 1.807) is 0 Å². The molecule has 14 heteroatoms. The molecule has 0 saturated carbocycles. The Kier molecular flexibility index (Phi) is 153. The van der Waals surface area contributed by atoms with Crippen molar-refractivity contribution in [3.05, 3.63) is 12.8 Å². The van der Waals surface area contributed by atoms with E-state index < -0.39 is 34.7 Å². The van der Waals surface area contributed by atoms with Crippen molar-refractivity contribution in [3.63, 3.8) is 0 Å². The van der Waals surface area contributed by atoms with Crippen molar-refractivity contribution in [1.29, 1.82) is 0 Å². The summed E-state index contributed by atoms with van der Waals surface area (Å²) in [5.41, 5.74) is 0. The Hall–Kier alpha value is 2.94. The summed E-state index contributed by atoms with van der Waals surface area (Å²) in [4.78, 5) is 27.9. The Morgan fingerprint density at radius 1 is 0.533 bits per heavy atom. The van der Waals surface area contributed by atoms with Crippen molar-refractivity contribution < 1.29 is 120 Å². The number of hydrogen-bond donors (Lipinski definition) is 4. The van der Waals surface area contributed by atoms with Crippen LogP contribution in [0.2, 0.25) is 0 Å². The molecule has 8 nitrogen and oxygen atoms in total. The fourth-order valence-electron chi connectivity index (χ4n) is 1.55. The molecule has 174 valence electrons. The normalized spacial score (nSPS) is 8.00. The summed E-state index contributed by atoms with van der Waals surface area (Å²) in [5.74, 6) is 0. The van der Waals surface area contributed by atoms with Gasteiger partial charge in [-0.3, -0.25) is 0 Å². The van der Waals surface area contributed by atoms with E-state index in [4.69, 9.17) is 37.8 Å². The van der Waals surface area contributed by atoms with Crippen LogP contribution in [0.5, 0.6) is 0 Å². The smallest absolute Gasteiger partial charge is 0.332 e. The van der Waals surface area contributed by atoms with Crippen LogP contribution in [0.15, 0.2) is 0 Å². The minimum absolute atomic E-state index is 0. The Morgan fingerprint density at radius 2 is 0.733 bits per heavy atom. The molecule has 0 aromatic heterocycles. The van der Waals surface area contributed by atoms with Gasteiger partial charge in [0.1, 0.15) is 0 Å². The van der Waals surface area contributed by atoms with Gasteiger partial charge in [0.2, 0.25) is 0 Å². The van der Waals surface area contributed by atoms with Crippen molar-refractivity contribution in [2.45, 2.75) is 91.9 Å². The van der Waals surface area contributed by atoms with Gasteiger partial charge < -0.3 is 32.4 Å². The van der Waals surface area contributed by atoms with Crippen LogP contribution in [-0.4, -0.2) is 19.6 Å². The third-order valence-corrected chi connectivity index (χ3v) is 2.69. The summed E-state index contributed by atoms with van der Waals surface area (Å²) < 4.78 is 33.8. The SMILES string of the molecule is C[CH-]CCCCCC.C[CH-]CCCCCC.O=PO.O=PO.O=PO.O=PO.[Nd+3].[Nd+3]. The molecule has 30 heavy (non-hydrogen) atoms. The molecule has 0 spiro atoms. The van der Waals surface area contributed by atoms with E-state index in [2.05, 4.69) is 40.5 Å². The first kappa shape index (κ1) is 54.0. The molecule has 2 radical (unpaired) electrons. The van der Waals surface area contributed by atoms with Crippen molar-refractivity contribution >= 4 is 34.7 Å². The van der Waals surface area contributed by atoms with Crippen LogP contribution in [0.25, 0.3) is 0 Å². The summed E-state index contributed by atoms with van der Waals surface area (Å²) in [6, 6.07) is 0. The molecule has 0 amide bonds. The molecule has 0 unspecified atom stereocenters. The minimum Gasteiger partial charge on any atom is -0.332 e. The maximum absolute atomic E-state index is 8.46. The van der Waals surface area contributed by atoms with Crippen molar-refractivity contribution in [2.24, 2.45) is 0 Å². The molecule has 0 saturated heterocycles. The third-order valence-electron chi connectivity index (χ3n) is 2.69. The number of hydrogen-bond acceptors (Lipinski definition) is 4. The standard InChI is InChI=1S/2C8H17.2Nd.4HO2P/c2*1-3-5-7-8-6-4-2;;;4*1-3-2/h2*3H,4-8H2,1-2H3;;;4*(H,1,2)/q2*-1;2*+3;;;;. The van der Waals surface area contributed by atoms with E-state index in [0.29, 0.717) is 0 Å². The van der Waals surface area contributed by atoms with Gasteiger partial charge in [-0.05, 0) is 0 Å². The monoisotopic (exact) mass is 766 g/mol. The first-order valence-corrected chi connectivity index (χ1v) is 12.0. The predicted molar refractivity (Wildman–Crippen MR) is 117 cm³/mol. The molecule has 0 aliphatic carbocycles. The van der Waals surface area contributed by atoms with Crippen molar-refractivity contribution in [2.75, 3.05) is 0 Å². The molecular weight excluding hydrogens is 733 g/mol. The van der Waals surface area contributed by atoms with Gasteiger partial charge in [0, 0.05) is 0 Å². The summed E-state index contributed by atoms with van der Waals surface area (Å²) in [7, 11) is -3.33. The Morgan fingerprint density at radius 3 is 0.867 bits per heavy atom. The quantitative estimate of drug-likeness (QED) is 0.104. The second kappa shape index (κ2) is 85.2. The van der Waals surface area contributed by atoms with Crippen LogP contribution in [0.4, 0.5) is 0 Å². The molecule has 0 atom stereocenters. The molecule has 0 aliphatic heterocycles. The number of rotatable bonds is 10. The van der Waals surface area contributed by atoms with Crippen LogP contribution in [0, 0.1) is 94.5 Å². The average Bonchev–Trinajstić information content (AvgIpc) is 2.66. The van der Waals surface area contributed by atoms with Gasteiger partial charge in [-0.2, -0.15) is 26.7 Å². The van der Waals surface area contributed by atoms with Gasteiger partial charge in [-0.1, -0.05) is 65.2 Å². The second-order valence-electron chi connectivity index (χ2n) is 4.84. The van der Waals surface area contributed by atoms with Crippen LogP contribution >= 0.6 is 34.7 Å². The predicted octanol–water partition coefficient (Wildman–Crippen LogP) is 7.10. The van der Waals surface area contributed by atoms with Gasteiger partial charge >= 0.3 is 116 Å². The molecule has 0 fully saturated rings. The van der Waals surface area contributed by atoms with Crippen molar-refractivity contribution in [3.8, 4) is 0 Å². The first-order valence-electron chi connectivity index (χ1n) is 8.92. The zero-order chi connectivity index (χ0) is 23.3. The molecular formula is C16H38Nd2O8P4+4. The zero-order valence-corrected chi connectivity index (χ0v) is 28.4. The van der Waals surface area contributed by atoms with E-state index in [9.17, 15) is 0 Å². The minimum atomic E-state index is -0.833. The van der Waals surface area contributed by atoms with E-state index in [-0.39, 0.29) is 81.7 Å². The molecule has 0 aliphatic rings. The topological polar surface area (TPSA) is 149 Å². The third kappa shape index (κ3) is 166. The second-order valence-corrected chi connectivity index (χ2v) is 5.49. The maximum atomic E-state index is 8.46. The Balaban J connectivity index is -0.0000000342. The molecule has 4 N–H and O–H groups in total. The number of unbranched alkanes of at least 4 members (excludes halogenated alkanes) is 10. The molecule has 0 rings (SSSR count). The van der Waals surface area contributed by atoms with Crippen LogP contribution in [0.3, 0.4) is 0 Å². The Labute approximate surface area is 255 Å². The van der Waals surface area contributed by atoms with Crippen molar-refractivity contribution in [1.82, 2.24) is 0 Å². The van der Waals surface area contributed by atoms with E-state index in [0.717, 1.165) is 0 Å². The summed E-state index contributed by atoms with van der Waals surface area (Å²) in [6.45, 7) is 8.75. The maximum Gasteiger partial charge on any atom is 3.00 e. The summed E-state index contributed by atoms with van der Waals surface area (Å²) in [6.07, 6.45) is 18.2. The summed E-state index contributed by atoms with van der Waals surface area (Å²) >= 11 is 0. The van der Waals surface area contributed by atoms with E-state index in [1.807, 2.05) is 0 Å². The van der Waals surface area contributed by atoms with Gasteiger partial charge in [-0.25, -0.2) is 18.3 Å². The van der Waals surface area contributed by atoms with Crippen LogP contribution < -0.4 is 0 Å².